The van der Waals surface area contributed by atoms with E-state index in [1.165, 1.54) is 11.3 Å². The molecule has 0 aromatic carbocycles. The Balaban J connectivity index is 1.29. The van der Waals surface area contributed by atoms with Crippen LogP contribution in [0.25, 0.3) is 0 Å². The Morgan fingerprint density at radius 2 is 1.97 bits per heavy atom. The number of nitrogens with zero attached hydrogens (tertiary/aromatic N) is 6. The third kappa shape index (κ3) is 5.82. The lowest BCUT2D eigenvalue weighted by Crippen LogP contribution is -2.60. The van der Waals surface area contributed by atoms with Crippen LogP contribution >= 0.6 is 11.3 Å². The molecule has 1 amide bonds. The molecule has 182 valence electrons. The highest BCUT2D eigenvalue weighted by Crippen LogP contribution is 2.25. The molecule has 1 unspecified atom stereocenters. The second-order valence-corrected chi connectivity index (χ2v) is 11.2. The average molecular weight is 475 g/mol. The van der Waals surface area contributed by atoms with E-state index in [1.807, 2.05) is 11.2 Å². The van der Waals surface area contributed by atoms with Crippen molar-refractivity contribution in [1.29, 1.82) is 0 Å². The molecule has 0 N–H and O–H groups in total. The minimum Gasteiger partial charge on any atom is -0.449 e. The van der Waals surface area contributed by atoms with Gasteiger partial charge in [0.05, 0.1) is 17.4 Å². The van der Waals surface area contributed by atoms with Gasteiger partial charge in [-0.2, -0.15) is 0 Å². The normalized spacial score (nSPS) is 21.8. The molecule has 4 rings (SSSR count). The zero-order chi connectivity index (χ0) is 23.6. The first kappa shape index (κ1) is 24.3. The highest BCUT2D eigenvalue weighted by Gasteiger charge is 2.36. The molecular formula is C24H38N6O2S. The van der Waals surface area contributed by atoms with Crippen LogP contribution < -0.4 is 0 Å². The topological polar surface area (TPSA) is 69.0 Å². The fourth-order valence-electron chi connectivity index (χ4n) is 4.92. The molecule has 33 heavy (non-hydrogen) atoms. The Kier molecular flexibility index (Phi) is 7.53. The maximum absolute atomic E-state index is 12.8. The summed E-state index contributed by atoms with van der Waals surface area (Å²) >= 11 is 1.41. The maximum atomic E-state index is 12.8. The number of aromatic nitrogens is 2. The molecule has 0 saturated carbocycles. The molecule has 0 bridgehead atoms. The average Bonchev–Trinajstić information content (AvgIpc) is 3.46. The van der Waals surface area contributed by atoms with Crippen molar-refractivity contribution in [1.82, 2.24) is 29.6 Å². The monoisotopic (exact) mass is 474 g/mol. The quantitative estimate of drug-likeness (QED) is 0.611. The first-order valence-electron chi connectivity index (χ1n) is 12.1. The lowest BCUT2D eigenvalue weighted by Gasteiger charge is -2.46. The highest BCUT2D eigenvalue weighted by molar-refractivity contribution is 7.11. The number of rotatable bonds is 7. The van der Waals surface area contributed by atoms with Crippen LogP contribution in [0.5, 0.6) is 0 Å². The lowest BCUT2D eigenvalue weighted by atomic mass is 9.95. The van der Waals surface area contributed by atoms with E-state index >= 15 is 0 Å². The molecule has 1 atom stereocenters. The molecule has 0 spiro atoms. The van der Waals surface area contributed by atoms with Gasteiger partial charge in [0.25, 0.3) is 5.91 Å². The number of hydrogen-bond donors (Lipinski definition) is 0. The number of carbonyl (C=O) groups is 1. The van der Waals surface area contributed by atoms with Gasteiger partial charge in [-0.1, -0.05) is 0 Å². The van der Waals surface area contributed by atoms with Crippen LogP contribution in [-0.4, -0.2) is 98.9 Å². The predicted octanol–water partition coefficient (Wildman–Crippen LogP) is 2.82. The molecule has 8 nitrogen and oxygen atoms in total. The number of piperazine rings is 2. The van der Waals surface area contributed by atoms with E-state index < -0.39 is 0 Å². The van der Waals surface area contributed by atoms with Crippen LogP contribution in [-0.2, 0) is 13.0 Å². The first-order valence-corrected chi connectivity index (χ1v) is 12.9. The Bertz CT molecular complexity index is 904. The third-order valence-electron chi connectivity index (χ3n) is 7.09. The van der Waals surface area contributed by atoms with Gasteiger partial charge in [-0.25, -0.2) is 4.98 Å². The standard InChI is InChI=1S/C24H38N6O2S/c1-18(2)28-8-6-27(7-9-28)15-20-16-32-22(26-20)12-24(4,5)29-10-11-30(19(3)14-29)23(31)21-13-25-17-33-21/h13,16-19H,6-12,14-15H2,1-5H3. The van der Waals surface area contributed by atoms with Crippen molar-refractivity contribution in [3.8, 4) is 0 Å². The summed E-state index contributed by atoms with van der Waals surface area (Å²) in [6.07, 6.45) is 4.25. The van der Waals surface area contributed by atoms with Gasteiger partial charge in [0, 0.05) is 76.4 Å². The zero-order valence-corrected chi connectivity index (χ0v) is 21.5. The summed E-state index contributed by atoms with van der Waals surface area (Å²) in [5, 5.41) is 0. The molecular weight excluding hydrogens is 436 g/mol. The van der Waals surface area contributed by atoms with Gasteiger partial charge in [-0.15, -0.1) is 11.3 Å². The van der Waals surface area contributed by atoms with E-state index in [9.17, 15) is 4.79 Å². The second-order valence-electron chi connectivity index (χ2n) is 10.3. The minimum absolute atomic E-state index is 0.0917. The summed E-state index contributed by atoms with van der Waals surface area (Å²) in [7, 11) is 0. The van der Waals surface area contributed by atoms with E-state index in [2.05, 4.69) is 54.3 Å². The molecule has 2 aliphatic heterocycles. The fourth-order valence-corrected chi connectivity index (χ4v) is 5.50. The number of amides is 1. The van der Waals surface area contributed by atoms with Gasteiger partial charge >= 0.3 is 0 Å². The summed E-state index contributed by atoms with van der Waals surface area (Å²) in [4.78, 5) is 31.8. The van der Waals surface area contributed by atoms with Gasteiger partial charge in [0.15, 0.2) is 5.89 Å². The van der Waals surface area contributed by atoms with E-state index in [0.29, 0.717) is 10.9 Å². The summed E-state index contributed by atoms with van der Waals surface area (Å²) in [6.45, 7) is 18.8. The van der Waals surface area contributed by atoms with E-state index in [1.54, 1.807) is 11.7 Å². The maximum Gasteiger partial charge on any atom is 0.265 e. The van der Waals surface area contributed by atoms with E-state index in [0.717, 1.165) is 70.4 Å². The number of carbonyl (C=O) groups excluding carboxylic acids is 1. The fraction of sp³-hybridized carbons (Fsp3) is 0.708. The van der Waals surface area contributed by atoms with Crippen molar-refractivity contribution >= 4 is 17.2 Å². The highest BCUT2D eigenvalue weighted by atomic mass is 32.1. The number of oxazole rings is 1. The van der Waals surface area contributed by atoms with Crippen molar-refractivity contribution in [2.45, 2.75) is 65.2 Å². The SMILES string of the molecule is CC(C)N1CCN(Cc2coc(CC(C)(C)N3CCN(C(=O)c4cncs4)C(C)C3)n2)CC1. The van der Waals surface area contributed by atoms with Crippen LogP contribution in [0, 0.1) is 0 Å². The van der Waals surface area contributed by atoms with Crippen molar-refractivity contribution in [3.63, 3.8) is 0 Å². The lowest BCUT2D eigenvalue weighted by molar-refractivity contribution is 0.0172. The molecule has 9 heteroatoms. The summed E-state index contributed by atoms with van der Waals surface area (Å²) in [5.41, 5.74) is 2.64. The van der Waals surface area contributed by atoms with Crippen molar-refractivity contribution in [2.75, 3.05) is 45.8 Å². The van der Waals surface area contributed by atoms with Gasteiger partial charge in [-0.05, 0) is 34.6 Å². The second kappa shape index (κ2) is 10.2. The molecule has 0 aliphatic carbocycles. The summed E-state index contributed by atoms with van der Waals surface area (Å²) in [5.74, 6) is 0.890. The van der Waals surface area contributed by atoms with Crippen molar-refractivity contribution < 1.29 is 9.21 Å². The molecule has 2 fully saturated rings. The predicted molar refractivity (Wildman–Crippen MR) is 130 cm³/mol. The Morgan fingerprint density at radius 1 is 1.21 bits per heavy atom. The largest absolute Gasteiger partial charge is 0.449 e. The van der Waals surface area contributed by atoms with Crippen LogP contribution in [0.4, 0.5) is 0 Å². The van der Waals surface area contributed by atoms with Gasteiger partial charge in [0.1, 0.15) is 11.1 Å². The molecule has 2 aromatic rings. The smallest absolute Gasteiger partial charge is 0.265 e. The van der Waals surface area contributed by atoms with E-state index in [-0.39, 0.29) is 17.5 Å². The van der Waals surface area contributed by atoms with Crippen molar-refractivity contribution in [3.05, 3.63) is 34.4 Å². The zero-order valence-electron chi connectivity index (χ0n) is 20.7. The van der Waals surface area contributed by atoms with Crippen LogP contribution in [0.15, 0.2) is 22.4 Å². The molecule has 2 aromatic heterocycles. The molecule has 2 aliphatic rings. The summed E-state index contributed by atoms with van der Waals surface area (Å²) < 4.78 is 5.88. The van der Waals surface area contributed by atoms with Crippen LogP contribution in [0.1, 0.15) is 55.9 Å². The first-order chi connectivity index (χ1) is 15.7. The van der Waals surface area contributed by atoms with Crippen LogP contribution in [0.3, 0.4) is 0 Å². The molecule has 2 saturated heterocycles. The van der Waals surface area contributed by atoms with Gasteiger partial charge in [0.2, 0.25) is 0 Å². The third-order valence-corrected chi connectivity index (χ3v) is 7.85. The summed E-state index contributed by atoms with van der Waals surface area (Å²) in [6, 6.07) is 0.765. The minimum atomic E-state index is -0.0983. The van der Waals surface area contributed by atoms with E-state index in [4.69, 9.17) is 9.40 Å². The number of hydrogen-bond acceptors (Lipinski definition) is 8. The van der Waals surface area contributed by atoms with Crippen molar-refractivity contribution in [2.24, 2.45) is 0 Å². The van der Waals surface area contributed by atoms with Crippen LogP contribution in [0.2, 0.25) is 0 Å². The Morgan fingerprint density at radius 3 is 2.61 bits per heavy atom. The Labute approximate surface area is 201 Å². The van der Waals surface area contributed by atoms with Gasteiger partial charge < -0.3 is 9.32 Å². The molecule has 0 radical (unpaired) electrons. The van der Waals surface area contributed by atoms with Gasteiger partial charge in [-0.3, -0.25) is 24.5 Å². The molecule has 4 heterocycles. The Hall–Kier alpha value is -1.81. The number of thiazole rings is 1.